The van der Waals surface area contributed by atoms with Crippen LogP contribution in [0.4, 0.5) is 0 Å². The minimum Gasteiger partial charge on any atom is -0.486 e. The number of esters is 1. The van der Waals surface area contributed by atoms with Crippen molar-refractivity contribution in [1.82, 2.24) is 9.88 Å². The molecule has 3 fully saturated rings. The molecule has 0 unspecified atom stereocenters. The fourth-order valence-corrected chi connectivity index (χ4v) is 4.45. The highest BCUT2D eigenvalue weighted by atomic mass is 16.8. The third kappa shape index (κ3) is 4.63. The molecule has 0 amide bonds. The largest absolute Gasteiger partial charge is 0.486 e. The Morgan fingerprint density at radius 3 is 2.72 bits per heavy atom. The van der Waals surface area contributed by atoms with Crippen LogP contribution in [-0.4, -0.2) is 65.7 Å². The van der Waals surface area contributed by atoms with E-state index in [1.54, 1.807) is 12.4 Å². The summed E-state index contributed by atoms with van der Waals surface area (Å²) in [6, 6.07) is 3.74. The third-order valence-electron chi connectivity index (χ3n) is 5.67. The Bertz CT molecular complexity index is 745. The smallest absolute Gasteiger partial charge is 0.303 e. The number of carbonyl (C=O) groups is 1. The molecule has 4 heterocycles. The number of pyridine rings is 1. The van der Waals surface area contributed by atoms with Gasteiger partial charge in [0.25, 0.3) is 0 Å². The zero-order chi connectivity index (χ0) is 20.4. The van der Waals surface area contributed by atoms with Gasteiger partial charge in [0.1, 0.15) is 17.9 Å². The number of hydrogen-bond donors (Lipinski definition) is 0. The highest BCUT2D eigenvalue weighted by molar-refractivity contribution is 5.66. The van der Waals surface area contributed by atoms with Gasteiger partial charge in [0.05, 0.1) is 6.61 Å². The van der Waals surface area contributed by atoms with Crippen molar-refractivity contribution in [3.8, 4) is 0 Å². The molecule has 29 heavy (non-hydrogen) atoms. The molecule has 0 radical (unpaired) electrons. The lowest BCUT2D eigenvalue weighted by molar-refractivity contribution is -0.168. The van der Waals surface area contributed by atoms with E-state index in [1.807, 2.05) is 32.1 Å². The van der Waals surface area contributed by atoms with Crippen LogP contribution in [0.1, 0.15) is 45.6 Å². The van der Waals surface area contributed by atoms with E-state index in [1.165, 1.54) is 13.3 Å². The van der Waals surface area contributed by atoms with Gasteiger partial charge in [0.15, 0.2) is 18.0 Å². The van der Waals surface area contributed by atoms with Crippen molar-refractivity contribution in [1.29, 1.82) is 0 Å². The maximum absolute atomic E-state index is 12.0. The molecule has 3 aliphatic heterocycles. The summed E-state index contributed by atoms with van der Waals surface area (Å²) in [5.74, 6) is -0.193. The molecule has 7 heteroatoms. The molecule has 4 atom stereocenters. The van der Waals surface area contributed by atoms with Gasteiger partial charge in [-0.3, -0.25) is 14.7 Å². The first-order valence-corrected chi connectivity index (χ1v) is 10.4. The van der Waals surface area contributed by atoms with Gasteiger partial charge in [-0.25, -0.2) is 0 Å². The summed E-state index contributed by atoms with van der Waals surface area (Å²) in [5.41, 5.74) is 0.954. The second kappa shape index (κ2) is 8.42. The molecule has 0 aromatic carbocycles. The quantitative estimate of drug-likeness (QED) is 0.717. The molecule has 1 aromatic rings. The molecule has 7 nitrogen and oxygen atoms in total. The van der Waals surface area contributed by atoms with Gasteiger partial charge in [-0.15, -0.1) is 0 Å². The molecule has 0 spiro atoms. The summed E-state index contributed by atoms with van der Waals surface area (Å²) in [6.45, 7) is 7.53. The lowest BCUT2D eigenvalue weighted by Crippen LogP contribution is -2.50. The average molecular weight is 402 g/mol. The number of hydrogen-bond acceptors (Lipinski definition) is 7. The summed E-state index contributed by atoms with van der Waals surface area (Å²) in [6.07, 6.45) is 7.86. The van der Waals surface area contributed by atoms with Crippen molar-refractivity contribution in [2.45, 2.75) is 70.2 Å². The van der Waals surface area contributed by atoms with Crippen molar-refractivity contribution in [3.63, 3.8) is 0 Å². The van der Waals surface area contributed by atoms with Crippen LogP contribution in [0.2, 0.25) is 0 Å². The standard InChI is InChI=1S/C22H30N2O5/c1-15(25)27-21-19(24-10-5-4-6-11-24)17(12-16-8-7-9-23-13-16)28-20(21)18-14-26-22(2,3)29-18/h7-9,12-13,18-21H,4-6,10-11,14H2,1-3H3/b17-12-/t18-,19+,20-,21-/m1/s1. The molecule has 1 aromatic heterocycles. The predicted molar refractivity (Wildman–Crippen MR) is 107 cm³/mol. The lowest BCUT2D eigenvalue weighted by atomic mass is 9.98. The van der Waals surface area contributed by atoms with Crippen LogP contribution in [-0.2, 0) is 23.7 Å². The second-order valence-electron chi connectivity index (χ2n) is 8.40. The monoisotopic (exact) mass is 402 g/mol. The predicted octanol–water partition coefficient (Wildman–Crippen LogP) is 2.76. The number of aromatic nitrogens is 1. The fourth-order valence-electron chi connectivity index (χ4n) is 4.45. The first-order chi connectivity index (χ1) is 13.9. The number of rotatable bonds is 4. The highest BCUT2D eigenvalue weighted by Gasteiger charge is 2.53. The Morgan fingerprint density at radius 2 is 2.10 bits per heavy atom. The van der Waals surface area contributed by atoms with E-state index in [4.69, 9.17) is 18.9 Å². The Balaban J connectivity index is 1.68. The van der Waals surface area contributed by atoms with Gasteiger partial charge >= 0.3 is 5.97 Å². The number of carbonyl (C=O) groups excluding carboxylic acids is 1. The van der Waals surface area contributed by atoms with E-state index in [0.29, 0.717) is 6.61 Å². The zero-order valence-corrected chi connectivity index (χ0v) is 17.4. The van der Waals surface area contributed by atoms with Crippen LogP contribution in [0.25, 0.3) is 6.08 Å². The zero-order valence-electron chi connectivity index (χ0n) is 17.4. The Hall–Kier alpha value is -1.96. The van der Waals surface area contributed by atoms with E-state index in [-0.39, 0.29) is 18.1 Å². The SMILES string of the molecule is CC(=O)O[C@H]1[C@@H]([C@H]2COC(C)(C)O2)O/C(=C\c2cccnc2)[C@@H]1N1CCCCC1. The van der Waals surface area contributed by atoms with Gasteiger partial charge in [0.2, 0.25) is 0 Å². The first kappa shape index (κ1) is 20.3. The van der Waals surface area contributed by atoms with E-state index in [9.17, 15) is 4.79 Å². The molecule has 0 aliphatic carbocycles. The van der Waals surface area contributed by atoms with E-state index in [2.05, 4.69) is 9.88 Å². The van der Waals surface area contributed by atoms with Crippen LogP contribution >= 0.6 is 0 Å². The van der Waals surface area contributed by atoms with Crippen molar-refractivity contribution in [2.24, 2.45) is 0 Å². The summed E-state index contributed by atoms with van der Waals surface area (Å²) in [4.78, 5) is 18.6. The van der Waals surface area contributed by atoms with Crippen molar-refractivity contribution >= 4 is 12.0 Å². The highest BCUT2D eigenvalue weighted by Crippen LogP contribution is 2.39. The summed E-state index contributed by atoms with van der Waals surface area (Å²) < 4.78 is 24.1. The fraction of sp³-hybridized carbons (Fsp3) is 0.636. The minimum absolute atomic E-state index is 0.142. The van der Waals surface area contributed by atoms with Crippen LogP contribution in [0.3, 0.4) is 0 Å². The maximum atomic E-state index is 12.0. The molecule has 0 N–H and O–H groups in total. The normalized spacial score (nSPS) is 33.6. The molecular weight excluding hydrogens is 372 g/mol. The number of piperidine rings is 1. The number of nitrogens with zero attached hydrogens (tertiary/aromatic N) is 2. The van der Waals surface area contributed by atoms with Gasteiger partial charge in [-0.2, -0.15) is 0 Å². The molecule has 0 saturated carbocycles. The number of ether oxygens (including phenoxy) is 4. The van der Waals surface area contributed by atoms with Gasteiger partial charge in [0, 0.05) is 19.3 Å². The van der Waals surface area contributed by atoms with Gasteiger partial charge in [-0.1, -0.05) is 12.5 Å². The van der Waals surface area contributed by atoms with Crippen molar-refractivity contribution in [3.05, 3.63) is 35.8 Å². The minimum atomic E-state index is -0.675. The average Bonchev–Trinajstić information content (AvgIpc) is 3.22. The molecule has 158 valence electrons. The molecule has 0 bridgehead atoms. The van der Waals surface area contributed by atoms with Crippen LogP contribution in [0, 0.1) is 0 Å². The lowest BCUT2D eigenvalue weighted by Gasteiger charge is -2.35. The van der Waals surface area contributed by atoms with Crippen LogP contribution in [0.5, 0.6) is 0 Å². The van der Waals surface area contributed by atoms with E-state index >= 15 is 0 Å². The van der Waals surface area contributed by atoms with Gasteiger partial charge in [-0.05, 0) is 57.5 Å². The molecule has 3 aliphatic rings. The Kier molecular flexibility index (Phi) is 5.90. The Labute approximate surface area is 172 Å². The molecular formula is C22H30N2O5. The van der Waals surface area contributed by atoms with Crippen LogP contribution in [0.15, 0.2) is 30.3 Å². The van der Waals surface area contributed by atoms with E-state index in [0.717, 1.165) is 37.3 Å². The van der Waals surface area contributed by atoms with Crippen molar-refractivity contribution < 1.29 is 23.7 Å². The van der Waals surface area contributed by atoms with Crippen LogP contribution < -0.4 is 0 Å². The molecule has 4 rings (SSSR count). The summed E-state index contributed by atoms with van der Waals surface area (Å²) >= 11 is 0. The second-order valence-corrected chi connectivity index (χ2v) is 8.40. The number of likely N-dealkylation sites (tertiary alicyclic amines) is 1. The topological polar surface area (TPSA) is 70.1 Å². The van der Waals surface area contributed by atoms with Crippen molar-refractivity contribution in [2.75, 3.05) is 19.7 Å². The first-order valence-electron chi connectivity index (χ1n) is 10.4. The van der Waals surface area contributed by atoms with Gasteiger partial charge < -0.3 is 18.9 Å². The maximum Gasteiger partial charge on any atom is 0.303 e. The summed E-state index contributed by atoms with van der Waals surface area (Å²) in [5, 5.41) is 0. The Morgan fingerprint density at radius 1 is 1.31 bits per heavy atom. The molecule has 3 saturated heterocycles. The third-order valence-corrected chi connectivity index (χ3v) is 5.67. The van der Waals surface area contributed by atoms with E-state index < -0.39 is 18.0 Å². The summed E-state index contributed by atoms with van der Waals surface area (Å²) in [7, 11) is 0.